The van der Waals surface area contributed by atoms with E-state index in [-0.39, 0.29) is 18.8 Å². The van der Waals surface area contributed by atoms with Crippen molar-refractivity contribution in [3.05, 3.63) is 28.2 Å². The molecule has 1 fully saturated rings. The zero-order chi connectivity index (χ0) is 14.0. The monoisotopic (exact) mass is 329 g/mol. The summed E-state index contributed by atoms with van der Waals surface area (Å²) in [4.78, 5) is 2.22. The van der Waals surface area contributed by atoms with Gasteiger partial charge in [-0.05, 0) is 31.5 Å². The summed E-state index contributed by atoms with van der Waals surface area (Å²) in [6.45, 7) is 5.18. The van der Waals surface area contributed by atoms with Crippen LogP contribution >= 0.6 is 15.9 Å². The van der Waals surface area contributed by atoms with Crippen molar-refractivity contribution >= 4 is 21.6 Å². The zero-order valence-electron chi connectivity index (χ0n) is 11.2. The molecule has 0 saturated carbocycles. The quantitative estimate of drug-likeness (QED) is 0.891. The van der Waals surface area contributed by atoms with Crippen LogP contribution in [0.15, 0.2) is 22.7 Å². The van der Waals surface area contributed by atoms with E-state index in [4.69, 9.17) is 4.74 Å². The van der Waals surface area contributed by atoms with E-state index in [0.29, 0.717) is 13.2 Å². The maximum absolute atomic E-state index is 9.64. The second-order valence-electron chi connectivity index (χ2n) is 5.02. The lowest BCUT2D eigenvalue weighted by atomic mass is 10.1. The number of hydrogen-bond acceptors (Lipinski definition) is 4. The minimum Gasteiger partial charge on any atom is -0.394 e. The van der Waals surface area contributed by atoms with Crippen LogP contribution in [0.1, 0.15) is 25.5 Å². The summed E-state index contributed by atoms with van der Waals surface area (Å²) in [5.74, 6) is 0. The van der Waals surface area contributed by atoms with Crippen LogP contribution in [0.3, 0.4) is 0 Å². The Bertz CT molecular complexity index is 439. The first-order valence-corrected chi connectivity index (χ1v) is 7.28. The van der Waals surface area contributed by atoms with Crippen LogP contribution in [0.5, 0.6) is 0 Å². The molecule has 106 valence electrons. The minimum absolute atomic E-state index is 0.0378. The summed E-state index contributed by atoms with van der Waals surface area (Å²) in [5, 5.41) is 18.9. The highest BCUT2D eigenvalue weighted by molar-refractivity contribution is 9.10. The van der Waals surface area contributed by atoms with E-state index in [9.17, 15) is 10.2 Å². The molecule has 19 heavy (non-hydrogen) atoms. The largest absolute Gasteiger partial charge is 0.394 e. The standard InChI is InChI=1S/C14H20BrNO3/c1-9-8-19-12(7-17)6-16(9)11-3-4-13(10(2)18)14(15)5-11/h3-5,9-10,12,17-18H,6-8H2,1-2H3. The van der Waals surface area contributed by atoms with Crippen LogP contribution in [-0.2, 0) is 4.74 Å². The van der Waals surface area contributed by atoms with Crippen LogP contribution < -0.4 is 4.90 Å². The van der Waals surface area contributed by atoms with Gasteiger partial charge in [0, 0.05) is 22.7 Å². The topological polar surface area (TPSA) is 52.9 Å². The van der Waals surface area contributed by atoms with Gasteiger partial charge >= 0.3 is 0 Å². The van der Waals surface area contributed by atoms with Crippen molar-refractivity contribution < 1.29 is 14.9 Å². The molecule has 0 amide bonds. The zero-order valence-corrected chi connectivity index (χ0v) is 12.8. The molecule has 3 unspecified atom stereocenters. The third-order valence-electron chi connectivity index (χ3n) is 3.47. The Balaban J connectivity index is 2.23. The highest BCUT2D eigenvalue weighted by Crippen LogP contribution is 2.30. The van der Waals surface area contributed by atoms with Gasteiger partial charge in [0.2, 0.25) is 0 Å². The molecule has 0 radical (unpaired) electrons. The summed E-state index contributed by atoms with van der Waals surface area (Å²) in [5.41, 5.74) is 1.95. The molecule has 0 aromatic heterocycles. The number of benzene rings is 1. The second kappa shape index (κ2) is 6.22. The Kier molecular flexibility index (Phi) is 4.84. The molecule has 1 aliphatic rings. The lowest BCUT2D eigenvalue weighted by Crippen LogP contribution is -2.49. The Hall–Kier alpha value is -0.620. The number of hydrogen-bond donors (Lipinski definition) is 2. The average Bonchev–Trinajstić information content (AvgIpc) is 2.38. The summed E-state index contributed by atoms with van der Waals surface area (Å²) in [6.07, 6.45) is -0.623. The van der Waals surface area contributed by atoms with E-state index >= 15 is 0 Å². The third kappa shape index (κ3) is 3.28. The number of rotatable bonds is 3. The predicted octanol–water partition coefficient (Wildman–Crippen LogP) is 2.09. The predicted molar refractivity (Wildman–Crippen MR) is 78.4 cm³/mol. The van der Waals surface area contributed by atoms with Crippen LogP contribution in [0, 0.1) is 0 Å². The molecule has 2 N–H and O–H groups in total. The van der Waals surface area contributed by atoms with Crippen LogP contribution in [0.2, 0.25) is 0 Å². The van der Waals surface area contributed by atoms with E-state index in [1.165, 1.54) is 0 Å². The molecule has 5 heteroatoms. The highest BCUT2D eigenvalue weighted by atomic mass is 79.9. The van der Waals surface area contributed by atoms with Gasteiger partial charge in [-0.1, -0.05) is 22.0 Å². The molecule has 1 heterocycles. The summed E-state index contributed by atoms with van der Waals surface area (Å²) < 4.78 is 6.44. The number of halogens is 1. The minimum atomic E-state index is -0.490. The summed E-state index contributed by atoms with van der Waals surface area (Å²) in [6, 6.07) is 6.22. The number of ether oxygens (including phenoxy) is 1. The second-order valence-corrected chi connectivity index (χ2v) is 5.88. The third-order valence-corrected chi connectivity index (χ3v) is 4.16. The molecule has 2 rings (SSSR count). The van der Waals surface area contributed by atoms with Crippen LogP contribution in [-0.4, -0.2) is 42.1 Å². The van der Waals surface area contributed by atoms with Crippen molar-refractivity contribution in [3.8, 4) is 0 Å². The smallest absolute Gasteiger partial charge is 0.0981 e. The first-order valence-electron chi connectivity index (χ1n) is 6.49. The lowest BCUT2D eigenvalue weighted by Gasteiger charge is -2.39. The number of morpholine rings is 1. The van der Waals surface area contributed by atoms with Gasteiger partial charge in [-0.3, -0.25) is 0 Å². The fourth-order valence-corrected chi connectivity index (χ4v) is 3.02. The van der Waals surface area contributed by atoms with Gasteiger partial charge in [0.25, 0.3) is 0 Å². The highest BCUT2D eigenvalue weighted by Gasteiger charge is 2.26. The molecule has 1 aromatic rings. The Morgan fingerprint density at radius 2 is 2.26 bits per heavy atom. The molecule has 1 aromatic carbocycles. The van der Waals surface area contributed by atoms with Crippen molar-refractivity contribution in [3.63, 3.8) is 0 Å². The molecule has 0 bridgehead atoms. The Labute approximate surface area is 122 Å². The van der Waals surface area contributed by atoms with Gasteiger partial charge in [0.1, 0.15) is 0 Å². The molecular weight excluding hydrogens is 310 g/mol. The maximum Gasteiger partial charge on any atom is 0.0981 e. The van der Waals surface area contributed by atoms with Crippen molar-refractivity contribution in [1.82, 2.24) is 0 Å². The van der Waals surface area contributed by atoms with Gasteiger partial charge in [-0.25, -0.2) is 0 Å². The molecular formula is C14H20BrNO3. The average molecular weight is 330 g/mol. The van der Waals surface area contributed by atoms with Gasteiger partial charge in [0.15, 0.2) is 0 Å². The van der Waals surface area contributed by atoms with Gasteiger partial charge in [0.05, 0.1) is 25.4 Å². The molecule has 3 atom stereocenters. The van der Waals surface area contributed by atoms with E-state index in [0.717, 1.165) is 15.7 Å². The molecule has 1 aliphatic heterocycles. The van der Waals surface area contributed by atoms with Gasteiger partial charge < -0.3 is 19.8 Å². The molecule has 0 spiro atoms. The number of aliphatic hydroxyl groups is 2. The first kappa shape index (κ1) is 14.8. The maximum atomic E-state index is 9.64. The lowest BCUT2D eigenvalue weighted by molar-refractivity contribution is -0.0103. The van der Waals surface area contributed by atoms with E-state index < -0.39 is 6.10 Å². The fraction of sp³-hybridized carbons (Fsp3) is 0.571. The van der Waals surface area contributed by atoms with Crippen LogP contribution in [0.25, 0.3) is 0 Å². The Morgan fingerprint density at radius 1 is 1.53 bits per heavy atom. The molecule has 1 saturated heterocycles. The van der Waals surface area contributed by atoms with E-state index in [1.807, 2.05) is 18.2 Å². The fourth-order valence-electron chi connectivity index (χ4n) is 2.32. The van der Waals surface area contributed by atoms with Crippen molar-refractivity contribution in [2.75, 3.05) is 24.7 Å². The van der Waals surface area contributed by atoms with E-state index in [1.54, 1.807) is 6.92 Å². The molecule has 0 aliphatic carbocycles. The SMILES string of the molecule is CC(O)c1ccc(N2CC(CO)OCC2C)cc1Br. The number of aliphatic hydroxyl groups excluding tert-OH is 2. The van der Waals surface area contributed by atoms with Crippen molar-refractivity contribution in [1.29, 1.82) is 0 Å². The summed E-state index contributed by atoms with van der Waals surface area (Å²) in [7, 11) is 0. The van der Waals surface area contributed by atoms with Gasteiger partial charge in [-0.15, -0.1) is 0 Å². The normalized spacial score (nSPS) is 25.4. The van der Waals surface area contributed by atoms with E-state index in [2.05, 4.69) is 27.8 Å². The van der Waals surface area contributed by atoms with Crippen LogP contribution in [0.4, 0.5) is 5.69 Å². The number of nitrogens with zero attached hydrogens (tertiary/aromatic N) is 1. The van der Waals surface area contributed by atoms with Crippen molar-refractivity contribution in [2.45, 2.75) is 32.1 Å². The number of anilines is 1. The first-order chi connectivity index (χ1) is 9.02. The van der Waals surface area contributed by atoms with Crippen molar-refractivity contribution in [2.24, 2.45) is 0 Å². The molecule has 4 nitrogen and oxygen atoms in total. The summed E-state index contributed by atoms with van der Waals surface area (Å²) >= 11 is 3.50. The Morgan fingerprint density at radius 3 is 2.84 bits per heavy atom. The van der Waals surface area contributed by atoms with Gasteiger partial charge in [-0.2, -0.15) is 0 Å².